The molecule has 0 fully saturated rings. The third kappa shape index (κ3) is 3.48. The molecular formula is C17H19N5O. The smallest absolute Gasteiger partial charge is 0.176 e. The van der Waals surface area contributed by atoms with Gasteiger partial charge in [-0.25, -0.2) is 4.68 Å². The molecule has 0 aliphatic rings. The Labute approximate surface area is 135 Å². The van der Waals surface area contributed by atoms with Crippen LogP contribution in [0.3, 0.4) is 0 Å². The highest BCUT2D eigenvalue weighted by Gasteiger charge is 2.06. The van der Waals surface area contributed by atoms with Crippen LogP contribution in [0.15, 0.2) is 42.5 Å². The first-order valence-electron chi connectivity index (χ1n) is 7.53. The standard InChI is InChI=1S/C17H19N5O/c1-4-23-15-7-5-14(6-8-15)18-16-9-10-17(20-19-16)22-13(3)11-12(2)21-22/h5-11H,4H2,1-3H3,(H,18,19). The van der Waals surface area contributed by atoms with Crippen LogP contribution in [0.5, 0.6) is 5.75 Å². The van der Waals surface area contributed by atoms with Gasteiger partial charge in [0.1, 0.15) is 5.75 Å². The van der Waals surface area contributed by atoms with Crippen molar-refractivity contribution in [1.29, 1.82) is 0 Å². The van der Waals surface area contributed by atoms with Gasteiger partial charge in [0.05, 0.1) is 12.3 Å². The molecular weight excluding hydrogens is 290 g/mol. The van der Waals surface area contributed by atoms with Crippen LogP contribution >= 0.6 is 0 Å². The van der Waals surface area contributed by atoms with E-state index in [0.29, 0.717) is 18.2 Å². The van der Waals surface area contributed by atoms with Gasteiger partial charge >= 0.3 is 0 Å². The normalized spacial score (nSPS) is 10.6. The summed E-state index contributed by atoms with van der Waals surface area (Å²) < 4.78 is 7.20. The summed E-state index contributed by atoms with van der Waals surface area (Å²) in [4.78, 5) is 0. The molecule has 0 atom stereocenters. The Kier molecular flexibility index (Phi) is 4.23. The molecule has 0 saturated heterocycles. The third-order valence-electron chi connectivity index (χ3n) is 3.31. The van der Waals surface area contributed by atoms with Gasteiger partial charge in [-0.3, -0.25) is 0 Å². The Balaban J connectivity index is 1.73. The minimum absolute atomic E-state index is 0.659. The fourth-order valence-corrected chi connectivity index (χ4v) is 2.31. The van der Waals surface area contributed by atoms with E-state index in [9.17, 15) is 0 Å². The zero-order valence-electron chi connectivity index (χ0n) is 13.4. The lowest BCUT2D eigenvalue weighted by molar-refractivity contribution is 0.340. The highest BCUT2D eigenvalue weighted by molar-refractivity contribution is 5.57. The van der Waals surface area contributed by atoms with E-state index in [1.807, 2.05) is 63.2 Å². The van der Waals surface area contributed by atoms with Crippen LogP contribution < -0.4 is 10.1 Å². The summed E-state index contributed by atoms with van der Waals surface area (Å²) in [6.07, 6.45) is 0. The minimum atomic E-state index is 0.659. The first-order valence-corrected chi connectivity index (χ1v) is 7.53. The number of rotatable bonds is 5. The second-order valence-electron chi connectivity index (χ2n) is 5.20. The Morgan fingerprint density at radius 3 is 2.39 bits per heavy atom. The molecule has 0 radical (unpaired) electrons. The van der Waals surface area contributed by atoms with Crippen LogP contribution in [0.4, 0.5) is 11.5 Å². The van der Waals surface area contributed by atoms with Crippen molar-refractivity contribution in [3.8, 4) is 11.6 Å². The third-order valence-corrected chi connectivity index (χ3v) is 3.31. The summed E-state index contributed by atoms with van der Waals surface area (Å²) in [6.45, 7) is 6.57. The van der Waals surface area contributed by atoms with Gasteiger partial charge < -0.3 is 10.1 Å². The Hall–Kier alpha value is -2.89. The number of ether oxygens (including phenoxy) is 1. The molecule has 0 saturated carbocycles. The molecule has 118 valence electrons. The molecule has 6 heteroatoms. The monoisotopic (exact) mass is 309 g/mol. The van der Waals surface area contributed by atoms with Crippen molar-refractivity contribution < 1.29 is 4.74 Å². The number of anilines is 2. The van der Waals surface area contributed by atoms with E-state index in [1.165, 1.54) is 0 Å². The molecule has 23 heavy (non-hydrogen) atoms. The molecule has 0 amide bonds. The van der Waals surface area contributed by atoms with Gasteiger partial charge in [-0.05, 0) is 63.2 Å². The van der Waals surface area contributed by atoms with Gasteiger partial charge in [-0.1, -0.05) is 0 Å². The van der Waals surface area contributed by atoms with E-state index < -0.39 is 0 Å². The van der Waals surface area contributed by atoms with Crippen molar-refractivity contribution >= 4 is 11.5 Å². The molecule has 2 heterocycles. The number of aromatic nitrogens is 4. The number of aryl methyl sites for hydroxylation is 2. The zero-order valence-corrected chi connectivity index (χ0v) is 13.4. The van der Waals surface area contributed by atoms with Crippen LogP contribution in [0, 0.1) is 13.8 Å². The molecule has 1 N–H and O–H groups in total. The Morgan fingerprint density at radius 1 is 1.04 bits per heavy atom. The van der Waals surface area contributed by atoms with Gasteiger partial charge in [0, 0.05) is 11.4 Å². The lowest BCUT2D eigenvalue weighted by Gasteiger charge is -2.08. The first kappa shape index (κ1) is 15.0. The second-order valence-corrected chi connectivity index (χ2v) is 5.20. The van der Waals surface area contributed by atoms with Crippen LogP contribution in [-0.2, 0) is 0 Å². The van der Waals surface area contributed by atoms with E-state index in [-0.39, 0.29) is 0 Å². The fraction of sp³-hybridized carbons (Fsp3) is 0.235. The van der Waals surface area contributed by atoms with Gasteiger partial charge in [0.25, 0.3) is 0 Å². The number of nitrogens with one attached hydrogen (secondary N) is 1. The van der Waals surface area contributed by atoms with Gasteiger partial charge in [0.15, 0.2) is 11.6 Å². The maximum Gasteiger partial charge on any atom is 0.176 e. The number of hydrogen-bond donors (Lipinski definition) is 1. The SMILES string of the molecule is CCOc1ccc(Nc2ccc(-n3nc(C)cc3C)nn2)cc1. The number of hydrogen-bond acceptors (Lipinski definition) is 5. The molecule has 0 unspecified atom stereocenters. The first-order chi connectivity index (χ1) is 11.2. The van der Waals surface area contributed by atoms with E-state index >= 15 is 0 Å². The number of nitrogens with zero attached hydrogens (tertiary/aromatic N) is 4. The predicted octanol–water partition coefficient (Wildman–Crippen LogP) is 3.42. The van der Waals surface area contributed by atoms with E-state index in [2.05, 4.69) is 20.6 Å². The zero-order chi connectivity index (χ0) is 16.2. The minimum Gasteiger partial charge on any atom is -0.494 e. The molecule has 0 aliphatic heterocycles. The van der Waals surface area contributed by atoms with Crippen LogP contribution in [0.25, 0.3) is 5.82 Å². The van der Waals surface area contributed by atoms with Gasteiger partial charge in [-0.15, -0.1) is 10.2 Å². The fourth-order valence-electron chi connectivity index (χ4n) is 2.31. The summed E-state index contributed by atoms with van der Waals surface area (Å²) in [5.74, 6) is 2.23. The molecule has 2 aromatic heterocycles. The summed E-state index contributed by atoms with van der Waals surface area (Å²) in [5.41, 5.74) is 2.92. The van der Waals surface area contributed by atoms with Crippen molar-refractivity contribution in [2.75, 3.05) is 11.9 Å². The maximum atomic E-state index is 5.42. The van der Waals surface area contributed by atoms with Gasteiger partial charge in [0.2, 0.25) is 0 Å². The van der Waals surface area contributed by atoms with Crippen molar-refractivity contribution in [3.05, 3.63) is 53.9 Å². The molecule has 0 aliphatic carbocycles. The van der Waals surface area contributed by atoms with Gasteiger partial charge in [-0.2, -0.15) is 5.10 Å². The van der Waals surface area contributed by atoms with Crippen LogP contribution in [0.2, 0.25) is 0 Å². The largest absolute Gasteiger partial charge is 0.494 e. The molecule has 3 aromatic rings. The molecule has 1 aromatic carbocycles. The van der Waals surface area contributed by atoms with Crippen molar-refractivity contribution in [3.63, 3.8) is 0 Å². The van der Waals surface area contributed by atoms with Crippen LogP contribution in [0.1, 0.15) is 18.3 Å². The van der Waals surface area contributed by atoms with E-state index in [0.717, 1.165) is 22.8 Å². The topological polar surface area (TPSA) is 64.9 Å². The summed E-state index contributed by atoms with van der Waals surface area (Å²) in [7, 11) is 0. The maximum absolute atomic E-state index is 5.42. The quantitative estimate of drug-likeness (QED) is 0.782. The van der Waals surface area contributed by atoms with Crippen LogP contribution in [-0.4, -0.2) is 26.6 Å². The van der Waals surface area contributed by atoms with E-state index in [4.69, 9.17) is 4.74 Å². The Bertz CT molecular complexity index is 778. The summed E-state index contributed by atoms with van der Waals surface area (Å²) in [6, 6.07) is 13.5. The molecule has 3 rings (SSSR count). The van der Waals surface area contributed by atoms with Crippen molar-refractivity contribution in [2.24, 2.45) is 0 Å². The lowest BCUT2D eigenvalue weighted by Crippen LogP contribution is -2.04. The lowest BCUT2D eigenvalue weighted by atomic mass is 10.3. The highest BCUT2D eigenvalue weighted by atomic mass is 16.5. The highest BCUT2D eigenvalue weighted by Crippen LogP contribution is 2.19. The average molecular weight is 309 g/mol. The number of benzene rings is 1. The average Bonchev–Trinajstić information content (AvgIpc) is 2.89. The Morgan fingerprint density at radius 2 is 1.83 bits per heavy atom. The molecule has 6 nitrogen and oxygen atoms in total. The van der Waals surface area contributed by atoms with E-state index in [1.54, 1.807) is 4.68 Å². The summed E-state index contributed by atoms with van der Waals surface area (Å²) in [5, 5.41) is 16.0. The predicted molar refractivity (Wildman–Crippen MR) is 89.5 cm³/mol. The van der Waals surface area contributed by atoms with Crippen molar-refractivity contribution in [2.45, 2.75) is 20.8 Å². The summed E-state index contributed by atoms with van der Waals surface area (Å²) >= 11 is 0. The second kappa shape index (κ2) is 6.48. The molecule has 0 spiro atoms. The van der Waals surface area contributed by atoms with Crippen molar-refractivity contribution in [1.82, 2.24) is 20.0 Å². The molecule has 0 bridgehead atoms.